The predicted molar refractivity (Wildman–Crippen MR) is 68.7 cm³/mol. The van der Waals surface area contributed by atoms with Crippen LogP contribution in [0, 0.1) is 27.7 Å². The monoisotopic (exact) mass is 216 g/mol. The summed E-state index contributed by atoms with van der Waals surface area (Å²) < 4.78 is 0. The molecule has 0 saturated carbocycles. The second kappa shape index (κ2) is 3.82. The van der Waals surface area contributed by atoms with Gasteiger partial charge in [-0.25, -0.2) is 0 Å². The van der Waals surface area contributed by atoms with Gasteiger partial charge in [-0.3, -0.25) is 0 Å². The van der Waals surface area contributed by atoms with Crippen LogP contribution in [0.5, 0.6) is 0 Å². The minimum absolute atomic E-state index is 1.35. The molecule has 0 aliphatic carbocycles. The summed E-state index contributed by atoms with van der Waals surface area (Å²) in [6.45, 7) is 8.71. The molecule has 0 spiro atoms. The summed E-state index contributed by atoms with van der Waals surface area (Å²) in [7, 11) is 0. The zero-order chi connectivity index (χ0) is 11.0. The number of aryl methyl sites for hydroxylation is 4. The lowest BCUT2D eigenvalue weighted by atomic mass is 9.99. The summed E-state index contributed by atoms with van der Waals surface area (Å²) in [5.74, 6) is 0. The molecule has 0 aliphatic heterocycles. The molecular weight excluding hydrogens is 200 g/mol. The van der Waals surface area contributed by atoms with Crippen LogP contribution >= 0.6 is 11.3 Å². The van der Waals surface area contributed by atoms with Gasteiger partial charge in [-0.1, -0.05) is 17.7 Å². The molecule has 1 aromatic carbocycles. The molecule has 1 heteroatoms. The Morgan fingerprint density at radius 1 is 0.867 bits per heavy atom. The van der Waals surface area contributed by atoms with Crippen LogP contribution in [0.4, 0.5) is 0 Å². The zero-order valence-electron chi connectivity index (χ0n) is 9.72. The fraction of sp³-hybridized carbons (Fsp3) is 0.286. The van der Waals surface area contributed by atoms with Crippen molar-refractivity contribution in [1.82, 2.24) is 0 Å². The van der Waals surface area contributed by atoms with Gasteiger partial charge in [0.05, 0.1) is 0 Å². The van der Waals surface area contributed by atoms with E-state index in [1.165, 1.54) is 32.0 Å². The van der Waals surface area contributed by atoms with Crippen molar-refractivity contribution < 1.29 is 0 Å². The first-order chi connectivity index (χ1) is 7.08. The van der Waals surface area contributed by atoms with Crippen molar-refractivity contribution in [3.8, 4) is 10.4 Å². The summed E-state index contributed by atoms with van der Waals surface area (Å²) >= 11 is 1.88. The molecule has 2 rings (SSSR count). The fourth-order valence-corrected chi connectivity index (χ4v) is 3.18. The van der Waals surface area contributed by atoms with Crippen molar-refractivity contribution in [3.05, 3.63) is 45.8 Å². The van der Waals surface area contributed by atoms with Gasteiger partial charge in [-0.05, 0) is 56.5 Å². The van der Waals surface area contributed by atoms with Gasteiger partial charge in [-0.15, -0.1) is 11.3 Å². The highest BCUT2D eigenvalue weighted by molar-refractivity contribution is 7.15. The van der Waals surface area contributed by atoms with E-state index in [9.17, 15) is 0 Å². The molecule has 1 aromatic heterocycles. The van der Waals surface area contributed by atoms with Gasteiger partial charge in [0.1, 0.15) is 0 Å². The largest absolute Gasteiger partial charge is 0.141 e. The van der Waals surface area contributed by atoms with Crippen LogP contribution in [0.1, 0.15) is 21.6 Å². The lowest BCUT2D eigenvalue weighted by molar-refractivity contribution is 1.33. The second-order valence-electron chi connectivity index (χ2n) is 4.18. The van der Waals surface area contributed by atoms with Gasteiger partial charge in [0, 0.05) is 9.75 Å². The predicted octanol–water partition coefficient (Wildman–Crippen LogP) is 4.65. The number of rotatable bonds is 1. The lowest BCUT2D eigenvalue weighted by Crippen LogP contribution is -1.87. The van der Waals surface area contributed by atoms with Gasteiger partial charge < -0.3 is 0 Å². The van der Waals surface area contributed by atoms with Crippen molar-refractivity contribution in [1.29, 1.82) is 0 Å². The van der Waals surface area contributed by atoms with Gasteiger partial charge in [0.15, 0.2) is 0 Å². The van der Waals surface area contributed by atoms with E-state index in [4.69, 9.17) is 0 Å². The molecule has 0 aliphatic rings. The van der Waals surface area contributed by atoms with E-state index in [2.05, 4.69) is 52.0 Å². The smallest absolute Gasteiger partial charge is 0.0350 e. The molecule has 0 N–H and O–H groups in total. The summed E-state index contributed by atoms with van der Waals surface area (Å²) in [5, 5.41) is 0. The molecule has 0 fully saturated rings. The first-order valence-electron chi connectivity index (χ1n) is 5.22. The maximum absolute atomic E-state index is 2.26. The first kappa shape index (κ1) is 10.4. The third-order valence-electron chi connectivity index (χ3n) is 2.66. The number of hydrogen-bond acceptors (Lipinski definition) is 1. The fourth-order valence-electron chi connectivity index (χ4n) is 2.14. The van der Waals surface area contributed by atoms with Crippen molar-refractivity contribution in [2.75, 3.05) is 0 Å². The van der Waals surface area contributed by atoms with Gasteiger partial charge in [0.2, 0.25) is 0 Å². The zero-order valence-corrected chi connectivity index (χ0v) is 10.5. The Balaban J connectivity index is 2.62. The van der Waals surface area contributed by atoms with E-state index in [0.29, 0.717) is 0 Å². The molecular formula is C14H16S. The molecule has 0 bridgehead atoms. The quantitative estimate of drug-likeness (QED) is 0.651. The Bertz CT molecular complexity index is 469. The summed E-state index contributed by atoms with van der Waals surface area (Å²) in [5.41, 5.74) is 5.53. The van der Waals surface area contributed by atoms with Crippen molar-refractivity contribution in [3.63, 3.8) is 0 Å². The van der Waals surface area contributed by atoms with Crippen molar-refractivity contribution in [2.45, 2.75) is 27.7 Å². The Labute approximate surface area is 95.6 Å². The molecule has 1 heterocycles. The van der Waals surface area contributed by atoms with Crippen LogP contribution in [0.15, 0.2) is 24.3 Å². The Morgan fingerprint density at radius 2 is 1.47 bits per heavy atom. The van der Waals surface area contributed by atoms with Crippen LogP contribution in [0.3, 0.4) is 0 Å². The van der Waals surface area contributed by atoms with Gasteiger partial charge in [0.25, 0.3) is 0 Å². The van der Waals surface area contributed by atoms with Crippen LogP contribution in [0.2, 0.25) is 0 Å². The van der Waals surface area contributed by atoms with Gasteiger partial charge >= 0.3 is 0 Å². The van der Waals surface area contributed by atoms with E-state index in [-0.39, 0.29) is 0 Å². The molecule has 0 atom stereocenters. The minimum atomic E-state index is 1.35. The van der Waals surface area contributed by atoms with Crippen LogP contribution in [-0.4, -0.2) is 0 Å². The van der Waals surface area contributed by atoms with E-state index < -0.39 is 0 Å². The molecule has 0 unspecified atom stereocenters. The molecule has 0 amide bonds. The first-order valence-corrected chi connectivity index (χ1v) is 6.04. The highest BCUT2D eigenvalue weighted by atomic mass is 32.1. The Morgan fingerprint density at radius 3 is 1.93 bits per heavy atom. The Hall–Kier alpha value is -1.08. The molecule has 0 radical (unpaired) electrons. The molecule has 78 valence electrons. The highest BCUT2D eigenvalue weighted by Gasteiger charge is 2.07. The maximum Gasteiger partial charge on any atom is 0.0350 e. The standard InChI is InChI=1S/C14H16S/c1-9-7-10(2)14(11(3)8-9)13-6-5-12(4)15-13/h5-8H,1-4H3. The SMILES string of the molecule is Cc1cc(C)c(-c2ccc(C)s2)c(C)c1. The van der Waals surface area contributed by atoms with E-state index in [1.807, 2.05) is 11.3 Å². The summed E-state index contributed by atoms with van der Waals surface area (Å²) in [4.78, 5) is 2.77. The van der Waals surface area contributed by atoms with E-state index in [0.717, 1.165) is 0 Å². The molecule has 0 nitrogen and oxygen atoms in total. The lowest BCUT2D eigenvalue weighted by Gasteiger charge is -2.09. The van der Waals surface area contributed by atoms with E-state index >= 15 is 0 Å². The number of benzene rings is 1. The highest BCUT2D eigenvalue weighted by Crippen LogP contribution is 2.33. The summed E-state index contributed by atoms with van der Waals surface area (Å²) in [6, 6.07) is 8.94. The average molecular weight is 216 g/mol. The number of thiophene rings is 1. The van der Waals surface area contributed by atoms with Crippen LogP contribution in [0.25, 0.3) is 10.4 Å². The molecule has 0 saturated heterocycles. The minimum Gasteiger partial charge on any atom is -0.141 e. The number of hydrogen-bond donors (Lipinski definition) is 0. The van der Waals surface area contributed by atoms with Crippen molar-refractivity contribution in [2.24, 2.45) is 0 Å². The molecule has 15 heavy (non-hydrogen) atoms. The van der Waals surface area contributed by atoms with Crippen LogP contribution in [-0.2, 0) is 0 Å². The third-order valence-corrected chi connectivity index (χ3v) is 3.68. The second-order valence-corrected chi connectivity index (χ2v) is 5.47. The average Bonchev–Trinajstić information content (AvgIpc) is 2.49. The van der Waals surface area contributed by atoms with Crippen molar-refractivity contribution >= 4 is 11.3 Å². The third kappa shape index (κ3) is 1.98. The maximum atomic E-state index is 2.26. The van der Waals surface area contributed by atoms with Gasteiger partial charge in [-0.2, -0.15) is 0 Å². The molecule has 2 aromatic rings. The van der Waals surface area contributed by atoms with Crippen LogP contribution < -0.4 is 0 Å². The Kier molecular flexibility index (Phi) is 2.66. The normalized spacial score (nSPS) is 10.7. The van der Waals surface area contributed by atoms with E-state index in [1.54, 1.807) is 0 Å². The summed E-state index contributed by atoms with van der Waals surface area (Å²) in [6.07, 6.45) is 0. The topological polar surface area (TPSA) is 0 Å².